The lowest BCUT2D eigenvalue weighted by molar-refractivity contribution is 0.700. The fourth-order valence-corrected chi connectivity index (χ4v) is 2.47. The molecule has 0 saturated heterocycles. The molecule has 0 aliphatic heterocycles. The third-order valence-electron chi connectivity index (χ3n) is 3.06. The van der Waals surface area contributed by atoms with Crippen LogP contribution in [0.1, 0.15) is 5.56 Å². The van der Waals surface area contributed by atoms with Crippen molar-refractivity contribution in [2.24, 2.45) is 7.05 Å². The van der Waals surface area contributed by atoms with Crippen molar-refractivity contribution in [3.8, 4) is 5.69 Å². The van der Waals surface area contributed by atoms with Gasteiger partial charge >= 0.3 is 11.4 Å². The molecule has 0 radical (unpaired) electrons. The van der Waals surface area contributed by atoms with E-state index >= 15 is 0 Å². The highest BCUT2D eigenvalue weighted by Crippen LogP contribution is 2.20. The molecule has 0 fully saturated rings. The largest absolute Gasteiger partial charge is 0.359 e. The Labute approximate surface area is 120 Å². The minimum Gasteiger partial charge on any atom is -0.358 e. The van der Waals surface area contributed by atoms with Crippen molar-refractivity contribution in [2.45, 2.75) is 11.8 Å². The van der Waals surface area contributed by atoms with Gasteiger partial charge in [0.25, 0.3) is 0 Å². The highest BCUT2D eigenvalue weighted by Gasteiger charge is 2.13. The Morgan fingerprint density at radius 1 is 1.30 bits per heavy atom. The SMILES string of the molecule is CNc1nc(=O)n(-c2ccc(SC)cc2C)c(=O)n1C. The van der Waals surface area contributed by atoms with Gasteiger partial charge in [-0.15, -0.1) is 11.8 Å². The Morgan fingerprint density at radius 2 is 2.00 bits per heavy atom. The van der Waals surface area contributed by atoms with Crippen LogP contribution in [0.5, 0.6) is 0 Å². The molecule has 0 amide bonds. The van der Waals surface area contributed by atoms with Gasteiger partial charge in [-0.05, 0) is 36.9 Å². The van der Waals surface area contributed by atoms with Crippen LogP contribution in [0.15, 0.2) is 32.7 Å². The zero-order valence-corrected chi connectivity index (χ0v) is 12.6. The van der Waals surface area contributed by atoms with E-state index in [0.29, 0.717) is 5.69 Å². The summed E-state index contributed by atoms with van der Waals surface area (Å²) >= 11 is 1.61. The Hall–Kier alpha value is -2.02. The first-order valence-corrected chi connectivity index (χ1v) is 7.25. The van der Waals surface area contributed by atoms with Gasteiger partial charge in [-0.1, -0.05) is 0 Å². The van der Waals surface area contributed by atoms with Gasteiger partial charge in [0, 0.05) is 19.0 Å². The highest BCUT2D eigenvalue weighted by molar-refractivity contribution is 7.98. The van der Waals surface area contributed by atoms with Crippen LogP contribution in [0.2, 0.25) is 0 Å². The van der Waals surface area contributed by atoms with Gasteiger partial charge in [0.1, 0.15) is 0 Å². The third-order valence-corrected chi connectivity index (χ3v) is 3.78. The Morgan fingerprint density at radius 3 is 2.55 bits per heavy atom. The molecule has 106 valence electrons. The van der Waals surface area contributed by atoms with E-state index in [9.17, 15) is 9.59 Å². The van der Waals surface area contributed by atoms with E-state index < -0.39 is 11.4 Å². The number of nitrogens with zero attached hydrogens (tertiary/aromatic N) is 3. The van der Waals surface area contributed by atoms with Gasteiger partial charge in [0.2, 0.25) is 5.95 Å². The van der Waals surface area contributed by atoms with Crippen LogP contribution in [0.25, 0.3) is 5.69 Å². The standard InChI is InChI=1S/C13H16N4O2S/c1-8-7-9(20-4)5-6-10(8)17-12(18)15-11(14-2)16(3)13(17)19/h5-7H,1-4H3,(H,14,15,18). The first-order chi connectivity index (χ1) is 9.49. The Bertz CT molecular complexity index is 764. The molecular formula is C13H16N4O2S. The van der Waals surface area contributed by atoms with Gasteiger partial charge in [-0.25, -0.2) is 14.2 Å². The van der Waals surface area contributed by atoms with Crippen molar-refractivity contribution < 1.29 is 0 Å². The van der Waals surface area contributed by atoms with E-state index in [1.807, 2.05) is 25.3 Å². The molecule has 1 aromatic heterocycles. The van der Waals surface area contributed by atoms with Crippen molar-refractivity contribution >= 4 is 17.7 Å². The summed E-state index contributed by atoms with van der Waals surface area (Å²) in [5.74, 6) is 0.245. The van der Waals surface area contributed by atoms with Crippen LogP contribution >= 0.6 is 11.8 Å². The molecule has 0 aliphatic carbocycles. The second-order valence-electron chi connectivity index (χ2n) is 4.30. The summed E-state index contributed by atoms with van der Waals surface area (Å²) < 4.78 is 2.39. The minimum atomic E-state index is -0.586. The number of hydrogen-bond acceptors (Lipinski definition) is 5. The van der Waals surface area contributed by atoms with Crippen molar-refractivity contribution in [2.75, 3.05) is 18.6 Å². The molecule has 0 aliphatic rings. The summed E-state index contributed by atoms with van der Waals surface area (Å²) in [5, 5.41) is 2.72. The number of rotatable bonds is 3. The smallest absolute Gasteiger partial charge is 0.358 e. The lowest BCUT2D eigenvalue weighted by Gasteiger charge is -2.12. The van der Waals surface area contributed by atoms with E-state index in [4.69, 9.17) is 0 Å². The molecular weight excluding hydrogens is 276 g/mol. The first-order valence-electron chi connectivity index (χ1n) is 6.02. The topological polar surface area (TPSA) is 68.9 Å². The number of thioether (sulfide) groups is 1. The van der Waals surface area contributed by atoms with Crippen molar-refractivity contribution in [1.29, 1.82) is 0 Å². The average molecular weight is 292 g/mol. The van der Waals surface area contributed by atoms with Gasteiger partial charge in [-0.3, -0.25) is 4.57 Å². The molecule has 0 unspecified atom stereocenters. The fourth-order valence-electron chi connectivity index (χ4n) is 1.97. The van der Waals surface area contributed by atoms with Crippen molar-refractivity contribution in [3.63, 3.8) is 0 Å². The predicted molar refractivity (Wildman–Crippen MR) is 81.1 cm³/mol. The summed E-state index contributed by atoms with van der Waals surface area (Å²) in [7, 11) is 3.19. The zero-order chi connectivity index (χ0) is 14.9. The van der Waals surface area contributed by atoms with Crippen LogP contribution in [0.3, 0.4) is 0 Å². The van der Waals surface area contributed by atoms with Crippen LogP contribution in [0.4, 0.5) is 5.95 Å². The summed E-state index contributed by atoms with van der Waals surface area (Å²) in [4.78, 5) is 29.3. The monoisotopic (exact) mass is 292 g/mol. The van der Waals surface area contributed by atoms with Gasteiger partial charge in [-0.2, -0.15) is 4.98 Å². The van der Waals surface area contributed by atoms with E-state index in [2.05, 4.69) is 10.3 Å². The molecule has 1 heterocycles. The fraction of sp³-hybridized carbons (Fsp3) is 0.308. The number of anilines is 1. The summed E-state index contributed by atoms with van der Waals surface area (Å²) in [6.45, 7) is 1.87. The maximum Gasteiger partial charge on any atom is 0.359 e. The second kappa shape index (κ2) is 5.54. The molecule has 2 aromatic rings. The summed E-state index contributed by atoms with van der Waals surface area (Å²) in [6, 6.07) is 5.59. The lowest BCUT2D eigenvalue weighted by Crippen LogP contribution is -2.40. The molecule has 1 aromatic carbocycles. The zero-order valence-electron chi connectivity index (χ0n) is 11.8. The number of nitrogens with one attached hydrogen (secondary N) is 1. The molecule has 0 bridgehead atoms. The van der Waals surface area contributed by atoms with E-state index in [0.717, 1.165) is 15.0 Å². The molecule has 0 spiro atoms. The average Bonchev–Trinajstić information content (AvgIpc) is 2.44. The number of hydrogen-bond donors (Lipinski definition) is 1. The molecule has 1 N–H and O–H groups in total. The van der Waals surface area contributed by atoms with E-state index in [1.54, 1.807) is 31.9 Å². The third kappa shape index (κ3) is 2.36. The van der Waals surface area contributed by atoms with Crippen LogP contribution in [-0.4, -0.2) is 27.4 Å². The van der Waals surface area contributed by atoms with Crippen LogP contribution in [-0.2, 0) is 7.05 Å². The molecule has 0 atom stereocenters. The number of benzene rings is 1. The van der Waals surface area contributed by atoms with Crippen LogP contribution in [0, 0.1) is 6.92 Å². The molecule has 20 heavy (non-hydrogen) atoms. The predicted octanol–water partition coefficient (Wildman–Crippen LogP) is 1.00. The number of aromatic nitrogens is 3. The molecule has 0 saturated carbocycles. The normalized spacial score (nSPS) is 10.6. The van der Waals surface area contributed by atoms with E-state index in [-0.39, 0.29) is 5.95 Å². The highest BCUT2D eigenvalue weighted by atomic mass is 32.2. The molecule has 6 nitrogen and oxygen atoms in total. The van der Waals surface area contributed by atoms with Gasteiger partial charge < -0.3 is 5.32 Å². The van der Waals surface area contributed by atoms with Crippen LogP contribution < -0.4 is 16.7 Å². The second-order valence-corrected chi connectivity index (χ2v) is 5.18. The van der Waals surface area contributed by atoms with Gasteiger partial charge in [0.05, 0.1) is 5.69 Å². The maximum absolute atomic E-state index is 12.3. The summed E-state index contributed by atoms with van der Waals surface area (Å²) in [5.41, 5.74) is 0.408. The minimum absolute atomic E-state index is 0.245. The maximum atomic E-state index is 12.3. The van der Waals surface area contributed by atoms with E-state index in [1.165, 1.54) is 4.57 Å². The van der Waals surface area contributed by atoms with Crippen molar-refractivity contribution in [3.05, 3.63) is 44.7 Å². The first kappa shape index (κ1) is 14.4. The number of aryl methyl sites for hydroxylation is 1. The quantitative estimate of drug-likeness (QED) is 0.855. The van der Waals surface area contributed by atoms with Gasteiger partial charge in [0.15, 0.2) is 0 Å². The van der Waals surface area contributed by atoms with Crippen molar-refractivity contribution in [1.82, 2.24) is 14.1 Å². The summed E-state index contributed by atoms with van der Waals surface area (Å²) in [6.07, 6.45) is 1.98. The Balaban J connectivity index is 2.74. The lowest BCUT2D eigenvalue weighted by atomic mass is 10.2. The molecule has 2 rings (SSSR count). The Kier molecular flexibility index (Phi) is 3.99. The molecule has 7 heteroatoms.